The molecule has 118 valence electrons. The number of nitrogens with one attached hydrogen (secondary N) is 2. The van der Waals surface area contributed by atoms with Gasteiger partial charge in [0.1, 0.15) is 17.3 Å². The van der Waals surface area contributed by atoms with Crippen LogP contribution in [-0.4, -0.2) is 11.8 Å². The standard InChI is InChI=1S/C17H14F2N2O2/c1-11(22)20-16(9-12-5-3-2-4-6-12)17(23)21-15-8-7-13(18)10-14(15)19/h2-10H,1H3,(H,20,22)(H,21,23). The second kappa shape index (κ2) is 7.31. The summed E-state index contributed by atoms with van der Waals surface area (Å²) < 4.78 is 26.5. The van der Waals surface area contributed by atoms with Gasteiger partial charge in [-0.25, -0.2) is 8.78 Å². The fourth-order valence-electron chi connectivity index (χ4n) is 1.84. The van der Waals surface area contributed by atoms with Crippen molar-refractivity contribution >= 4 is 23.6 Å². The third-order valence-electron chi connectivity index (χ3n) is 2.85. The molecular formula is C17H14F2N2O2. The molecule has 23 heavy (non-hydrogen) atoms. The van der Waals surface area contributed by atoms with Crippen LogP contribution in [-0.2, 0) is 9.59 Å². The number of benzene rings is 2. The van der Waals surface area contributed by atoms with Gasteiger partial charge in [-0.3, -0.25) is 9.59 Å². The summed E-state index contributed by atoms with van der Waals surface area (Å²) in [7, 11) is 0. The van der Waals surface area contributed by atoms with Gasteiger partial charge in [-0.05, 0) is 23.8 Å². The highest BCUT2D eigenvalue weighted by Gasteiger charge is 2.14. The zero-order valence-corrected chi connectivity index (χ0v) is 12.3. The number of carbonyl (C=O) groups is 2. The van der Waals surface area contributed by atoms with Gasteiger partial charge >= 0.3 is 0 Å². The summed E-state index contributed by atoms with van der Waals surface area (Å²) in [5.74, 6) is -2.81. The van der Waals surface area contributed by atoms with E-state index in [9.17, 15) is 18.4 Å². The molecule has 2 aromatic carbocycles. The third kappa shape index (κ3) is 4.74. The van der Waals surface area contributed by atoms with E-state index < -0.39 is 23.4 Å². The van der Waals surface area contributed by atoms with Crippen LogP contribution in [0.15, 0.2) is 54.2 Å². The summed E-state index contributed by atoms with van der Waals surface area (Å²) in [6, 6.07) is 11.6. The number of halogens is 2. The zero-order chi connectivity index (χ0) is 16.8. The maximum absolute atomic E-state index is 13.6. The van der Waals surface area contributed by atoms with E-state index in [0.29, 0.717) is 11.6 Å². The van der Waals surface area contributed by atoms with Crippen LogP contribution in [0.4, 0.5) is 14.5 Å². The second-order valence-corrected chi connectivity index (χ2v) is 4.73. The van der Waals surface area contributed by atoms with Crippen LogP contribution >= 0.6 is 0 Å². The monoisotopic (exact) mass is 316 g/mol. The third-order valence-corrected chi connectivity index (χ3v) is 2.85. The average molecular weight is 316 g/mol. The van der Waals surface area contributed by atoms with Gasteiger partial charge < -0.3 is 10.6 Å². The Labute approximate surface area is 131 Å². The predicted octanol–water partition coefficient (Wildman–Crippen LogP) is 3.08. The highest BCUT2D eigenvalue weighted by Crippen LogP contribution is 2.16. The molecule has 0 spiro atoms. The highest BCUT2D eigenvalue weighted by molar-refractivity contribution is 6.08. The summed E-state index contributed by atoms with van der Waals surface area (Å²) >= 11 is 0. The van der Waals surface area contributed by atoms with Gasteiger partial charge in [-0.2, -0.15) is 0 Å². The van der Waals surface area contributed by atoms with Gasteiger partial charge in [0.05, 0.1) is 5.69 Å². The van der Waals surface area contributed by atoms with E-state index in [1.807, 2.05) is 6.07 Å². The van der Waals surface area contributed by atoms with Gasteiger partial charge in [0.2, 0.25) is 5.91 Å². The van der Waals surface area contributed by atoms with Gasteiger partial charge in [-0.1, -0.05) is 30.3 Å². The molecule has 0 saturated carbocycles. The topological polar surface area (TPSA) is 58.2 Å². The Bertz CT molecular complexity index is 758. The van der Waals surface area contributed by atoms with E-state index in [1.165, 1.54) is 13.0 Å². The van der Waals surface area contributed by atoms with Crippen LogP contribution in [0.25, 0.3) is 6.08 Å². The summed E-state index contributed by atoms with van der Waals surface area (Å²) in [5, 5.41) is 4.69. The van der Waals surface area contributed by atoms with E-state index in [0.717, 1.165) is 12.1 Å². The minimum atomic E-state index is -0.903. The Balaban J connectivity index is 2.26. The Morgan fingerprint density at radius 3 is 2.35 bits per heavy atom. The lowest BCUT2D eigenvalue weighted by Crippen LogP contribution is -2.29. The van der Waals surface area contributed by atoms with E-state index >= 15 is 0 Å². The first-order valence-corrected chi connectivity index (χ1v) is 6.76. The first kappa shape index (κ1) is 16.4. The SMILES string of the molecule is CC(=O)NC(=Cc1ccccc1)C(=O)Nc1ccc(F)cc1F. The van der Waals surface area contributed by atoms with Gasteiger partial charge in [0.15, 0.2) is 0 Å². The molecule has 0 aliphatic heterocycles. The largest absolute Gasteiger partial charge is 0.322 e. The molecule has 4 nitrogen and oxygen atoms in total. The van der Waals surface area contributed by atoms with Crippen molar-refractivity contribution in [3.63, 3.8) is 0 Å². The highest BCUT2D eigenvalue weighted by atomic mass is 19.1. The molecule has 0 saturated heterocycles. The fourth-order valence-corrected chi connectivity index (χ4v) is 1.84. The quantitative estimate of drug-likeness (QED) is 0.852. The van der Waals surface area contributed by atoms with E-state index in [1.54, 1.807) is 24.3 Å². The Kier molecular flexibility index (Phi) is 5.19. The molecule has 0 atom stereocenters. The Hall–Kier alpha value is -3.02. The van der Waals surface area contributed by atoms with Crippen molar-refractivity contribution in [2.45, 2.75) is 6.92 Å². The van der Waals surface area contributed by atoms with E-state index in [-0.39, 0.29) is 11.4 Å². The van der Waals surface area contributed by atoms with Crippen molar-refractivity contribution in [2.24, 2.45) is 0 Å². The van der Waals surface area contributed by atoms with Crippen molar-refractivity contribution in [2.75, 3.05) is 5.32 Å². The molecule has 6 heteroatoms. The first-order chi connectivity index (χ1) is 11.0. The molecule has 0 aromatic heterocycles. The Morgan fingerprint density at radius 2 is 1.74 bits per heavy atom. The minimum absolute atomic E-state index is 0.0487. The molecule has 0 radical (unpaired) electrons. The van der Waals surface area contributed by atoms with Crippen LogP contribution < -0.4 is 10.6 Å². The fraction of sp³-hybridized carbons (Fsp3) is 0.0588. The molecule has 0 bridgehead atoms. The smallest absolute Gasteiger partial charge is 0.272 e. The van der Waals surface area contributed by atoms with Crippen LogP contribution in [0.1, 0.15) is 12.5 Å². The minimum Gasteiger partial charge on any atom is -0.322 e. The molecular weight excluding hydrogens is 302 g/mol. The molecule has 0 unspecified atom stereocenters. The maximum atomic E-state index is 13.6. The number of hydrogen-bond acceptors (Lipinski definition) is 2. The van der Waals surface area contributed by atoms with Gasteiger partial charge in [0.25, 0.3) is 5.91 Å². The number of hydrogen-bond donors (Lipinski definition) is 2. The summed E-state index contributed by atoms with van der Waals surface area (Å²) in [6.45, 7) is 1.25. The second-order valence-electron chi connectivity index (χ2n) is 4.73. The van der Waals surface area contributed by atoms with Crippen molar-refractivity contribution in [1.82, 2.24) is 5.32 Å². The average Bonchev–Trinajstić information content (AvgIpc) is 2.50. The van der Waals surface area contributed by atoms with Crippen molar-refractivity contribution < 1.29 is 18.4 Å². The number of rotatable bonds is 4. The van der Waals surface area contributed by atoms with Gasteiger partial charge in [-0.15, -0.1) is 0 Å². The Morgan fingerprint density at radius 1 is 1.04 bits per heavy atom. The number of anilines is 1. The van der Waals surface area contributed by atoms with E-state index in [2.05, 4.69) is 10.6 Å². The van der Waals surface area contributed by atoms with Crippen molar-refractivity contribution in [3.05, 3.63) is 71.4 Å². The number of amides is 2. The zero-order valence-electron chi connectivity index (χ0n) is 12.3. The lowest BCUT2D eigenvalue weighted by Gasteiger charge is -2.10. The normalized spacial score (nSPS) is 11.0. The van der Waals surface area contributed by atoms with Gasteiger partial charge in [0, 0.05) is 13.0 Å². The van der Waals surface area contributed by atoms with E-state index in [4.69, 9.17) is 0 Å². The molecule has 2 amide bonds. The maximum Gasteiger partial charge on any atom is 0.272 e. The molecule has 2 N–H and O–H groups in total. The molecule has 0 fully saturated rings. The first-order valence-electron chi connectivity index (χ1n) is 6.76. The van der Waals surface area contributed by atoms with Crippen molar-refractivity contribution in [3.8, 4) is 0 Å². The van der Waals surface area contributed by atoms with Crippen LogP contribution in [0, 0.1) is 11.6 Å². The summed E-state index contributed by atoms with van der Waals surface area (Å²) in [4.78, 5) is 23.5. The summed E-state index contributed by atoms with van der Waals surface area (Å²) in [6.07, 6.45) is 1.46. The molecule has 2 aromatic rings. The van der Waals surface area contributed by atoms with Crippen LogP contribution in [0.5, 0.6) is 0 Å². The lowest BCUT2D eigenvalue weighted by atomic mass is 10.2. The predicted molar refractivity (Wildman–Crippen MR) is 83.2 cm³/mol. The molecule has 0 aliphatic carbocycles. The molecule has 2 rings (SSSR count). The lowest BCUT2D eigenvalue weighted by molar-refractivity contribution is -0.120. The molecule has 0 heterocycles. The van der Waals surface area contributed by atoms with Crippen LogP contribution in [0.2, 0.25) is 0 Å². The van der Waals surface area contributed by atoms with Crippen LogP contribution in [0.3, 0.4) is 0 Å². The summed E-state index contributed by atoms with van der Waals surface area (Å²) in [5.41, 5.74) is 0.458. The number of carbonyl (C=O) groups excluding carboxylic acids is 2. The molecule has 0 aliphatic rings. The van der Waals surface area contributed by atoms with Crippen molar-refractivity contribution in [1.29, 1.82) is 0 Å².